The lowest BCUT2D eigenvalue weighted by Gasteiger charge is -2.21. The Morgan fingerprint density at radius 1 is 1.00 bits per heavy atom. The first kappa shape index (κ1) is 19.7. The highest BCUT2D eigenvalue weighted by Crippen LogP contribution is 2.14. The summed E-state index contributed by atoms with van der Waals surface area (Å²) in [5, 5.41) is 11.2. The fourth-order valence-corrected chi connectivity index (χ4v) is 2.28. The number of carbonyl (C=O) groups excluding carboxylic acids is 3. The van der Waals surface area contributed by atoms with Crippen molar-refractivity contribution in [1.82, 2.24) is 5.32 Å². The Kier molecular flexibility index (Phi) is 7.54. The van der Waals surface area contributed by atoms with E-state index in [4.69, 9.17) is 10.00 Å². The molecular formula is C20H19N3O4. The van der Waals surface area contributed by atoms with Gasteiger partial charge in [-0.3, -0.25) is 14.4 Å². The maximum atomic E-state index is 12.4. The van der Waals surface area contributed by atoms with Crippen LogP contribution in [0.1, 0.15) is 16.8 Å². The van der Waals surface area contributed by atoms with Crippen molar-refractivity contribution in [3.8, 4) is 6.07 Å². The Balaban J connectivity index is 1.84. The third-order valence-electron chi connectivity index (χ3n) is 3.60. The highest BCUT2D eigenvalue weighted by molar-refractivity contribution is 5.97. The van der Waals surface area contributed by atoms with Crippen LogP contribution >= 0.6 is 0 Å². The topological polar surface area (TPSA) is 99.5 Å². The first-order chi connectivity index (χ1) is 13.1. The minimum Gasteiger partial charge on any atom is -0.454 e. The standard InChI is InChI=1S/C20H19N3O4/c21-12-7-13-23(17-10-5-2-6-11-17)18(24)15-27-19(25)14-22-20(26)16-8-3-1-4-9-16/h1-6,8-11H,7,13-15H2,(H,22,26). The lowest BCUT2D eigenvalue weighted by atomic mass is 10.2. The van der Waals surface area contributed by atoms with Crippen molar-refractivity contribution >= 4 is 23.5 Å². The van der Waals surface area contributed by atoms with Crippen LogP contribution in [0.3, 0.4) is 0 Å². The Morgan fingerprint density at radius 3 is 2.26 bits per heavy atom. The van der Waals surface area contributed by atoms with Crippen molar-refractivity contribution in [2.75, 3.05) is 24.6 Å². The predicted octanol–water partition coefficient (Wildman–Crippen LogP) is 1.91. The van der Waals surface area contributed by atoms with Gasteiger partial charge in [0.15, 0.2) is 6.61 Å². The molecule has 2 aromatic rings. The minimum atomic E-state index is -0.721. The number of nitrogens with one attached hydrogen (secondary N) is 1. The van der Waals surface area contributed by atoms with Gasteiger partial charge < -0.3 is 15.0 Å². The maximum absolute atomic E-state index is 12.4. The Morgan fingerprint density at radius 2 is 1.63 bits per heavy atom. The molecule has 0 aliphatic carbocycles. The molecule has 0 aliphatic heterocycles. The molecule has 0 saturated carbocycles. The molecule has 7 nitrogen and oxygen atoms in total. The lowest BCUT2D eigenvalue weighted by molar-refractivity contribution is -0.146. The zero-order chi connectivity index (χ0) is 19.5. The van der Waals surface area contributed by atoms with E-state index in [1.807, 2.05) is 12.1 Å². The smallest absolute Gasteiger partial charge is 0.325 e. The highest BCUT2D eigenvalue weighted by atomic mass is 16.5. The molecule has 0 aliphatic rings. The van der Waals surface area contributed by atoms with E-state index in [0.29, 0.717) is 11.3 Å². The van der Waals surface area contributed by atoms with Gasteiger partial charge >= 0.3 is 5.97 Å². The van der Waals surface area contributed by atoms with E-state index in [2.05, 4.69) is 5.32 Å². The average Bonchev–Trinajstić information content (AvgIpc) is 2.72. The number of benzene rings is 2. The van der Waals surface area contributed by atoms with E-state index in [-0.39, 0.29) is 19.5 Å². The number of hydrogen-bond donors (Lipinski definition) is 1. The van der Waals surface area contributed by atoms with Gasteiger partial charge in [0.05, 0.1) is 12.5 Å². The van der Waals surface area contributed by atoms with E-state index in [1.165, 1.54) is 4.90 Å². The van der Waals surface area contributed by atoms with Crippen LogP contribution in [0, 0.1) is 11.3 Å². The number of nitriles is 1. The number of carbonyl (C=O) groups is 3. The van der Waals surface area contributed by atoms with Crippen LogP contribution in [0.25, 0.3) is 0 Å². The average molecular weight is 365 g/mol. The highest BCUT2D eigenvalue weighted by Gasteiger charge is 2.17. The maximum Gasteiger partial charge on any atom is 0.325 e. The summed E-state index contributed by atoms with van der Waals surface area (Å²) in [6.07, 6.45) is 0.154. The van der Waals surface area contributed by atoms with Crippen LogP contribution in [0.4, 0.5) is 5.69 Å². The molecule has 0 radical (unpaired) electrons. The summed E-state index contributed by atoms with van der Waals surface area (Å²) in [6, 6.07) is 19.3. The number of hydrogen-bond acceptors (Lipinski definition) is 5. The largest absolute Gasteiger partial charge is 0.454 e. The SMILES string of the molecule is N#CCCN(C(=O)COC(=O)CNC(=O)c1ccccc1)c1ccccc1. The summed E-state index contributed by atoms with van der Waals surface area (Å²) in [5.74, 6) is -1.57. The van der Waals surface area contributed by atoms with E-state index < -0.39 is 24.4 Å². The normalized spacial score (nSPS) is 9.74. The molecule has 0 spiro atoms. The van der Waals surface area contributed by atoms with E-state index in [9.17, 15) is 14.4 Å². The van der Waals surface area contributed by atoms with Gasteiger partial charge in [0.2, 0.25) is 0 Å². The molecule has 0 heterocycles. The van der Waals surface area contributed by atoms with Crippen molar-refractivity contribution in [1.29, 1.82) is 5.26 Å². The van der Waals surface area contributed by atoms with Gasteiger partial charge in [-0.1, -0.05) is 36.4 Å². The Labute approximate surface area is 157 Å². The van der Waals surface area contributed by atoms with Gasteiger partial charge in [-0.25, -0.2) is 0 Å². The summed E-state index contributed by atoms with van der Waals surface area (Å²) in [5.41, 5.74) is 1.04. The second kappa shape index (κ2) is 10.4. The summed E-state index contributed by atoms with van der Waals surface area (Å²) < 4.78 is 4.94. The van der Waals surface area contributed by atoms with Crippen molar-refractivity contribution in [3.63, 3.8) is 0 Å². The summed E-state index contributed by atoms with van der Waals surface area (Å²) in [6.45, 7) is -0.619. The molecule has 0 saturated heterocycles. The van der Waals surface area contributed by atoms with Crippen molar-refractivity contribution in [3.05, 3.63) is 66.2 Å². The van der Waals surface area contributed by atoms with Gasteiger partial charge in [-0.15, -0.1) is 0 Å². The molecule has 7 heteroatoms. The monoisotopic (exact) mass is 365 g/mol. The molecule has 0 atom stereocenters. The third-order valence-corrected chi connectivity index (χ3v) is 3.60. The molecule has 138 valence electrons. The number of esters is 1. The van der Waals surface area contributed by atoms with Crippen LogP contribution in [0.15, 0.2) is 60.7 Å². The molecule has 0 bridgehead atoms. The van der Waals surface area contributed by atoms with Crippen molar-refractivity contribution in [2.24, 2.45) is 0 Å². The van der Waals surface area contributed by atoms with Gasteiger partial charge in [0.1, 0.15) is 6.54 Å². The molecule has 27 heavy (non-hydrogen) atoms. The second-order valence-electron chi connectivity index (χ2n) is 5.50. The van der Waals surface area contributed by atoms with Crippen LogP contribution in [0.5, 0.6) is 0 Å². The zero-order valence-electron chi connectivity index (χ0n) is 14.6. The quantitative estimate of drug-likeness (QED) is 0.720. The number of amides is 2. The number of nitrogens with zero attached hydrogens (tertiary/aromatic N) is 2. The molecular weight excluding hydrogens is 346 g/mol. The minimum absolute atomic E-state index is 0.154. The van der Waals surface area contributed by atoms with E-state index in [1.54, 1.807) is 54.6 Å². The summed E-state index contributed by atoms with van der Waals surface area (Å²) >= 11 is 0. The van der Waals surface area contributed by atoms with Crippen molar-refractivity contribution < 1.29 is 19.1 Å². The van der Waals surface area contributed by atoms with Crippen LogP contribution in [0.2, 0.25) is 0 Å². The molecule has 2 rings (SSSR count). The van der Waals surface area contributed by atoms with Gasteiger partial charge in [0, 0.05) is 17.8 Å². The second-order valence-corrected chi connectivity index (χ2v) is 5.50. The molecule has 0 unspecified atom stereocenters. The van der Waals surface area contributed by atoms with Gasteiger partial charge in [0.25, 0.3) is 11.8 Å². The van der Waals surface area contributed by atoms with Gasteiger partial charge in [-0.2, -0.15) is 5.26 Å². The fraction of sp³-hybridized carbons (Fsp3) is 0.200. The zero-order valence-corrected chi connectivity index (χ0v) is 14.6. The summed E-state index contributed by atoms with van der Waals surface area (Å²) in [7, 11) is 0. The number of rotatable bonds is 8. The molecule has 2 aromatic carbocycles. The Bertz CT molecular complexity index is 816. The van der Waals surface area contributed by atoms with Gasteiger partial charge in [-0.05, 0) is 24.3 Å². The number of para-hydroxylation sites is 1. The molecule has 2 amide bonds. The van der Waals surface area contributed by atoms with Crippen LogP contribution in [-0.2, 0) is 14.3 Å². The number of anilines is 1. The summed E-state index contributed by atoms with van der Waals surface area (Å²) in [4.78, 5) is 37.4. The van der Waals surface area contributed by atoms with E-state index >= 15 is 0 Å². The molecule has 0 fully saturated rings. The Hall–Kier alpha value is -3.66. The first-order valence-corrected chi connectivity index (χ1v) is 8.33. The lowest BCUT2D eigenvalue weighted by Crippen LogP contribution is -2.37. The fourth-order valence-electron chi connectivity index (χ4n) is 2.28. The van der Waals surface area contributed by atoms with Crippen molar-refractivity contribution in [2.45, 2.75) is 6.42 Å². The van der Waals surface area contributed by atoms with E-state index in [0.717, 1.165) is 0 Å². The van der Waals surface area contributed by atoms with Crippen LogP contribution < -0.4 is 10.2 Å². The third kappa shape index (κ3) is 6.29. The first-order valence-electron chi connectivity index (χ1n) is 8.33. The number of ether oxygens (including phenoxy) is 1. The molecule has 0 aromatic heterocycles. The van der Waals surface area contributed by atoms with Crippen LogP contribution in [-0.4, -0.2) is 37.5 Å². The molecule has 1 N–H and O–H groups in total. The predicted molar refractivity (Wildman–Crippen MR) is 98.8 cm³/mol.